The number of rotatable bonds is 4. The van der Waals surface area contributed by atoms with E-state index < -0.39 is 0 Å². The number of hydrogen-bond donors (Lipinski definition) is 2. The van der Waals surface area contributed by atoms with Crippen molar-refractivity contribution in [2.24, 2.45) is 11.8 Å². The van der Waals surface area contributed by atoms with Crippen LogP contribution in [0.5, 0.6) is 0 Å². The third kappa shape index (κ3) is 3.78. The Kier molecular flexibility index (Phi) is 5.19. The molecule has 1 atom stereocenters. The minimum absolute atomic E-state index is 0.0374. The molecule has 1 unspecified atom stereocenters. The van der Waals surface area contributed by atoms with Crippen molar-refractivity contribution in [3.05, 3.63) is 29.3 Å². The van der Waals surface area contributed by atoms with Gasteiger partial charge in [-0.15, -0.1) is 0 Å². The van der Waals surface area contributed by atoms with Gasteiger partial charge in [0.2, 0.25) is 5.91 Å². The molecular weight excluding hydrogens is 302 g/mol. The van der Waals surface area contributed by atoms with E-state index in [1.807, 2.05) is 25.2 Å². The highest BCUT2D eigenvalue weighted by molar-refractivity contribution is 5.99. The quantitative estimate of drug-likeness (QED) is 0.891. The molecule has 130 valence electrons. The van der Waals surface area contributed by atoms with Gasteiger partial charge in [0.25, 0.3) is 5.91 Å². The van der Waals surface area contributed by atoms with Gasteiger partial charge in [-0.1, -0.05) is 13.0 Å². The van der Waals surface area contributed by atoms with Crippen molar-refractivity contribution in [1.82, 2.24) is 10.2 Å². The van der Waals surface area contributed by atoms with Crippen molar-refractivity contribution in [1.29, 1.82) is 0 Å². The van der Waals surface area contributed by atoms with Crippen molar-refractivity contribution in [2.45, 2.75) is 32.6 Å². The van der Waals surface area contributed by atoms with Gasteiger partial charge >= 0.3 is 0 Å². The zero-order valence-corrected chi connectivity index (χ0v) is 14.6. The van der Waals surface area contributed by atoms with E-state index in [0.717, 1.165) is 50.1 Å². The topological polar surface area (TPSA) is 61.4 Å². The minimum Gasteiger partial charge on any atom is -0.341 e. The Morgan fingerprint density at radius 2 is 2.12 bits per heavy atom. The Balaban J connectivity index is 1.61. The minimum atomic E-state index is 0.0374. The predicted octanol–water partition coefficient (Wildman–Crippen LogP) is 2.28. The average molecular weight is 329 g/mol. The Bertz CT molecular complexity index is 623. The molecule has 1 fully saturated rings. The smallest absolute Gasteiger partial charge is 0.253 e. The van der Waals surface area contributed by atoms with Gasteiger partial charge in [0.15, 0.2) is 0 Å². The third-order valence-corrected chi connectivity index (χ3v) is 5.38. The van der Waals surface area contributed by atoms with Gasteiger partial charge in [-0.3, -0.25) is 9.59 Å². The van der Waals surface area contributed by atoms with Crippen LogP contribution < -0.4 is 10.6 Å². The maximum absolute atomic E-state index is 12.4. The maximum Gasteiger partial charge on any atom is 0.253 e. The molecule has 0 aromatic heterocycles. The van der Waals surface area contributed by atoms with Gasteiger partial charge < -0.3 is 15.5 Å². The van der Waals surface area contributed by atoms with E-state index in [1.54, 1.807) is 4.90 Å². The molecule has 5 nitrogen and oxygen atoms in total. The molecule has 2 amide bonds. The number of nitrogens with zero attached hydrogens (tertiary/aromatic N) is 1. The molecule has 0 saturated carbocycles. The van der Waals surface area contributed by atoms with E-state index in [4.69, 9.17) is 0 Å². The van der Waals surface area contributed by atoms with Crippen LogP contribution in [0.1, 0.15) is 42.1 Å². The van der Waals surface area contributed by atoms with Gasteiger partial charge in [0, 0.05) is 31.3 Å². The lowest BCUT2D eigenvalue weighted by Crippen LogP contribution is -2.34. The Labute approximate surface area is 143 Å². The zero-order valence-electron chi connectivity index (χ0n) is 14.6. The van der Waals surface area contributed by atoms with E-state index >= 15 is 0 Å². The van der Waals surface area contributed by atoms with Gasteiger partial charge in [-0.05, 0) is 61.9 Å². The lowest BCUT2D eigenvalue weighted by molar-refractivity contribution is -0.117. The zero-order chi connectivity index (χ0) is 17.1. The lowest BCUT2D eigenvalue weighted by atomic mass is 9.84. The average Bonchev–Trinajstić information content (AvgIpc) is 2.59. The molecule has 2 heterocycles. The maximum atomic E-state index is 12.4. The van der Waals surface area contributed by atoms with Gasteiger partial charge in [-0.2, -0.15) is 0 Å². The summed E-state index contributed by atoms with van der Waals surface area (Å²) in [5, 5.41) is 6.34. The second-order valence-corrected chi connectivity index (χ2v) is 7.17. The number of anilines is 1. The van der Waals surface area contributed by atoms with Crippen LogP contribution in [0.25, 0.3) is 0 Å². The number of carbonyl (C=O) groups is 2. The van der Waals surface area contributed by atoms with E-state index in [1.165, 1.54) is 0 Å². The monoisotopic (exact) mass is 329 g/mol. The van der Waals surface area contributed by atoms with Gasteiger partial charge in [0.05, 0.1) is 0 Å². The van der Waals surface area contributed by atoms with E-state index in [0.29, 0.717) is 23.8 Å². The molecule has 0 radical (unpaired) electrons. The number of hydrogen-bond acceptors (Lipinski definition) is 3. The number of amides is 2. The first-order valence-corrected chi connectivity index (χ1v) is 8.93. The number of fused-ring (bicyclic) bond motifs is 1. The molecule has 24 heavy (non-hydrogen) atoms. The molecule has 5 heteroatoms. The van der Waals surface area contributed by atoms with Crippen LogP contribution in [0.4, 0.5) is 5.69 Å². The van der Waals surface area contributed by atoms with Crippen LogP contribution in [-0.2, 0) is 11.2 Å². The van der Waals surface area contributed by atoms with Crippen LogP contribution in [0.15, 0.2) is 18.2 Å². The summed E-state index contributed by atoms with van der Waals surface area (Å²) in [6.45, 7) is 5.03. The molecular formula is C19H27N3O2. The fourth-order valence-corrected chi connectivity index (χ4v) is 3.75. The fourth-order valence-electron chi connectivity index (χ4n) is 3.75. The highest BCUT2D eigenvalue weighted by Gasteiger charge is 2.24. The summed E-state index contributed by atoms with van der Waals surface area (Å²) in [4.78, 5) is 26.3. The van der Waals surface area contributed by atoms with Crippen molar-refractivity contribution < 1.29 is 9.59 Å². The lowest BCUT2D eigenvalue weighted by Gasteiger charge is -2.28. The van der Waals surface area contributed by atoms with Crippen LogP contribution in [-0.4, -0.2) is 43.4 Å². The molecule has 0 aliphatic carbocycles. The molecule has 2 N–H and O–H groups in total. The molecule has 1 aromatic carbocycles. The summed E-state index contributed by atoms with van der Waals surface area (Å²) in [5.74, 6) is 1.08. The van der Waals surface area contributed by atoms with E-state index in [-0.39, 0.29) is 11.8 Å². The standard InChI is InChI=1S/C19H27N3O2/c1-13(14-5-8-20-9-6-14)11-18(23)21-16-4-3-15-7-10-22(2)19(24)17(15)12-16/h3-4,12-14,20H,5-11H2,1-2H3,(H,21,23). The normalized spacial score (nSPS) is 19.8. The molecule has 0 bridgehead atoms. The first kappa shape index (κ1) is 17.0. The number of benzene rings is 1. The Hall–Kier alpha value is -1.88. The fraction of sp³-hybridized carbons (Fsp3) is 0.579. The van der Waals surface area contributed by atoms with E-state index in [2.05, 4.69) is 17.6 Å². The number of piperidine rings is 1. The Morgan fingerprint density at radius 3 is 2.88 bits per heavy atom. The predicted molar refractivity (Wildman–Crippen MR) is 95.1 cm³/mol. The third-order valence-electron chi connectivity index (χ3n) is 5.38. The number of carbonyl (C=O) groups excluding carboxylic acids is 2. The van der Waals surface area contributed by atoms with Crippen LogP contribution >= 0.6 is 0 Å². The second-order valence-electron chi connectivity index (χ2n) is 7.17. The molecule has 1 saturated heterocycles. The van der Waals surface area contributed by atoms with Crippen molar-refractivity contribution in [2.75, 3.05) is 32.0 Å². The molecule has 2 aliphatic heterocycles. The first-order valence-electron chi connectivity index (χ1n) is 8.93. The molecule has 2 aliphatic rings. The molecule has 3 rings (SSSR count). The highest BCUT2D eigenvalue weighted by Crippen LogP contribution is 2.26. The van der Waals surface area contributed by atoms with Gasteiger partial charge in [0.1, 0.15) is 0 Å². The summed E-state index contributed by atoms with van der Waals surface area (Å²) in [6.07, 6.45) is 3.70. The van der Waals surface area contributed by atoms with Gasteiger partial charge in [-0.25, -0.2) is 0 Å². The highest BCUT2D eigenvalue weighted by atomic mass is 16.2. The van der Waals surface area contributed by atoms with Crippen LogP contribution in [0.2, 0.25) is 0 Å². The summed E-state index contributed by atoms with van der Waals surface area (Å²) in [7, 11) is 1.82. The first-order chi connectivity index (χ1) is 11.5. The number of nitrogens with one attached hydrogen (secondary N) is 2. The summed E-state index contributed by atoms with van der Waals surface area (Å²) < 4.78 is 0. The second kappa shape index (κ2) is 7.34. The molecule has 1 aromatic rings. The number of likely N-dealkylation sites (N-methyl/N-ethyl adjacent to an activating group) is 1. The summed E-state index contributed by atoms with van der Waals surface area (Å²) in [5.41, 5.74) is 2.51. The summed E-state index contributed by atoms with van der Waals surface area (Å²) >= 11 is 0. The van der Waals surface area contributed by atoms with E-state index in [9.17, 15) is 9.59 Å². The largest absolute Gasteiger partial charge is 0.341 e. The summed E-state index contributed by atoms with van der Waals surface area (Å²) in [6, 6.07) is 5.69. The van der Waals surface area contributed by atoms with Crippen LogP contribution in [0.3, 0.4) is 0 Å². The van der Waals surface area contributed by atoms with Crippen LogP contribution in [0, 0.1) is 11.8 Å². The van der Waals surface area contributed by atoms with Crippen molar-refractivity contribution >= 4 is 17.5 Å². The Morgan fingerprint density at radius 1 is 1.38 bits per heavy atom. The molecule has 0 spiro atoms. The SMILES string of the molecule is CC(CC(=O)Nc1ccc2c(c1)C(=O)N(C)CC2)C1CCNCC1. The van der Waals surface area contributed by atoms with Crippen molar-refractivity contribution in [3.63, 3.8) is 0 Å². The van der Waals surface area contributed by atoms with Crippen molar-refractivity contribution in [3.8, 4) is 0 Å².